The summed E-state index contributed by atoms with van der Waals surface area (Å²) in [5, 5.41) is 2.79. The SMILES string of the molecule is Cl.NC1(C(=O)NCCc2cc(Br)ccc2F)CCOCC1. The zero-order chi connectivity index (χ0) is 14.6. The van der Waals surface area contributed by atoms with Gasteiger partial charge in [0.05, 0.1) is 5.54 Å². The van der Waals surface area contributed by atoms with Gasteiger partial charge in [0.15, 0.2) is 0 Å². The van der Waals surface area contributed by atoms with Crippen molar-refractivity contribution in [2.45, 2.75) is 24.8 Å². The van der Waals surface area contributed by atoms with Crippen LogP contribution in [0.2, 0.25) is 0 Å². The highest BCUT2D eigenvalue weighted by Gasteiger charge is 2.35. The number of carbonyl (C=O) groups is 1. The molecule has 21 heavy (non-hydrogen) atoms. The monoisotopic (exact) mass is 380 g/mol. The third-order valence-electron chi connectivity index (χ3n) is 3.52. The minimum Gasteiger partial charge on any atom is -0.381 e. The van der Waals surface area contributed by atoms with E-state index < -0.39 is 5.54 Å². The number of carbonyl (C=O) groups excluding carboxylic acids is 1. The summed E-state index contributed by atoms with van der Waals surface area (Å²) in [6.07, 6.45) is 1.47. The molecule has 2 rings (SSSR count). The summed E-state index contributed by atoms with van der Waals surface area (Å²) in [5.74, 6) is -0.452. The number of halogens is 3. The summed E-state index contributed by atoms with van der Waals surface area (Å²) in [6.45, 7) is 1.38. The summed E-state index contributed by atoms with van der Waals surface area (Å²) in [6, 6.07) is 4.77. The molecule has 7 heteroatoms. The number of benzene rings is 1. The van der Waals surface area contributed by atoms with Crippen molar-refractivity contribution in [2.75, 3.05) is 19.8 Å². The van der Waals surface area contributed by atoms with Gasteiger partial charge in [0.1, 0.15) is 5.82 Å². The van der Waals surface area contributed by atoms with Gasteiger partial charge >= 0.3 is 0 Å². The van der Waals surface area contributed by atoms with Gasteiger partial charge in [-0.15, -0.1) is 12.4 Å². The molecular weight excluding hydrogens is 363 g/mol. The number of hydrogen-bond donors (Lipinski definition) is 2. The number of rotatable bonds is 4. The van der Waals surface area contributed by atoms with E-state index in [1.165, 1.54) is 6.07 Å². The normalized spacial score (nSPS) is 16.9. The van der Waals surface area contributed by atoms with Crippen molar-refractivity contribution in [3.63, 3.8) is 0 Å². The largest absolute Gasteiger partial charge is 0.381 e. The number of nitrogens with two attached hydrogens (primary N) is 1. The first kappa shape index (κ1) is 18.4. The predicted molar refractivity (Wildman–Crippen MR) is 85.0 cm³/mol. The van der Waals surface area contributed by atoms with Crippen molar-refractivity contribution in [1.29, 1.82) is 0 Å². The van der Waals surface area contributed by atoms with Gasteiger partial charge in [-0.05, 0) is 43.0 Å². The van der Waals surface area contributed by atoms with E-state index in [0.717, 1.165) is 4.47 Å². The Morgan fingerprint density at radius 3 is 2.76 bits per heavy atom. The van der Waals surface area contributed by atoms with Gasteiger partial charge in [-0.3, -0.25) is 4.79 Å². The molecule has 1 saturated heterocycles. The van der Waals surface area contributed by atoms with E-state index in [2.05, 4.69) is 21.2 Å². The molecule has 3 N–H and O–H groups in total. The zero-order valence-electron chi connectivity index (χ0n) is 11.5. The molecule has 4 nitrogen and oxygen atoms in total. The van der Waals surface area contributed by atoms with Crippen LogP contribution in [0.5, 0.6) is 0 Å². The van der Waals surface area contributed by atoms with E-state index >= 15 is 0 Å². The van der Waals surface area contributed by atoms with Crippen molar-refractivity contribution >= 4 is 34.2 Å². The number of amides is 1. The van der Waals surface area contributed by atoms with Crippen molar-refractivity contribution in [1.82, 2.24) is 5.32 Å². The third kappa shape index (κ3) is 4.92. The van der Waals surface area contributed by atoms with Crippen molar-refractivity contribution in [3.05, 3.63) is 34.1 Å². The van der Waals surface area contributed by atoms with Crippen molar-refractivity contribution < 1.29 is 13.9 Å². The summed E-state index contributed by atoms with van der Waals surface area (Å²) in [7, 11) is 0. The van der Waals surface area contributed by atoms with Gasteiger partial charge in [0, 0.05) is 24.2 Å². The highest BCUT2D eigenvalue weighted by molar-refractivity contribution is 9.10. The van der Waals surface area contributed by atoms with Crippen molar-refractivity contribution in [3.8, 4) is 0 Å². The first-order valence-corrected chi connectivity index (χ1v) is 7.39. The minimum absolute atomic E-state index is 0. The first-order valence-electron chi connectivity index (χ1n) is 6.60. The second-order valence-electron chi connectivity index (χ2n) is 5.01. The fourth-order valence-corrected chi connectivity index (χ4v) is 2.59. The van der Waals surface area contributed by atoms with Crippen LogP contribution >= 0.6 is 28.3 Å². The van der Waals surface area contributed by atoms with Crippen LogP contribution < -0.4 is 11.1 Å². The van der Waals surface area contributed by atoms with E-state index in [-0.39, 0.29) is 24.1 Å². The van der Waals surface area contributed by atoms with Gasteiger partial charge in [-0.25, -0.2) is 4.39 Å². The van der Waals surface area contributed by atoms with E-state index in [4.69, 9.17) is 10.5 Å². The molecule has 1 aliphatic heterocycles. The lowest BCUT2D eigenvalue weighted by molar-refractivity contribution is -0.129. The number of nitrogens with one attached hydrogen (secondary N) is 1. The van der Waals surface area contributed by atoms with Crippen molar-refractivity contribution in [2.24, 2.45) is 5.73 Å². The Hall–Kier alpha value is -0.690. The maximum absolute atomic E-state index is 13.5. The van der Waals surface area contributed by atoms with Crippen LogP contribution in [-0.2, 0) is 16.0 Å². The van der Waals surface area contributed by atoms with Crippen LogP contribution in [0, 0.1) is 5.82 Å². The standard InChI is InChI=1S/C14H18BrFN2O2.ClH/c15-11-1-2-12(16)10(9-11)3-6-18-13(19)14(17)4-7-20-8-5-14;/h1-2,9H,3-8,17H2,(H,18,19);1H. The van der Waals surface area contributed by atoms with Crippen LogP contribution in [0.15, 0.2) is 22.7 Å². The molecular formula is C14H19BrClFN2O2. The Labute approximate surface area is 138 Å². The van der Waals surface area contributed by atoms with E-state index in [0.29, 0.717) is 44.6 Å². The topological polar surface area (TPSA) is 64.4 Å². The smallest absolute Gasteiger partial charge is 0.240 e. The summed E-state index contributed by atoms with van der Waals surface area (Å²) in [4.78, 5) is 12.1. The summed E-state index contributed by atoms with van der Waals surface area (Å²) in [5.41, 5.74) is 5.78. The lowest BCUT2D eigenvalue weighted by Crippen LogP contribution is -2.57. The van der Waals surface area contributed by atoms with E-state index in [1.54, 1.807) is 12.1 Å². The Morgan fingerprint density at radius 1 is 1.43 bits per heavy atom. The molecule has 0 saturated carbocycles. The molecule has 1 heterocycles. The number of hydrogen-bond acceptors (Lipinski definition) is 3. The molecule has 1 aromatic carbocycles. The first-order chi connectivity index (χ1) is 9.51. The van der Waals surface area contributed by atoms with Gasteiger partial charge < -0.3 is 15.8 Å². The minimum atomic E-state index is -0.853. The molecule has 0 unspecified atom stereocenters. The Morgan fingerprint density at radius 2 is 2.10 bits per heavy atom. The van der Waals surface area contributed by atoms with Crippen LogP contribution in [0.25, 0.3) is 0 Å². The molecule has 0 bridgehead atoms. The molecule has 1 aromatic rings. The average Bonchev–Trinajstić information content (AvgIpc) is 2.43. The maximum atomic E-state index is 13.5. The maximum Gasteiger partial charge on any atom is 0.240 e. The van der Waals surface area contributed by atoms with E-state index in [9.17, 15) is 9.18 Å². The van der Waals surface area contributed by atoms with Crippen LogP contribution in [0.3, 0.4) is 0 Å². The molecule has 1 fully saturated rings. The molecule has 0 spiro atoms. The number of ether oxygens (including phenoxy) is 1. The van der Waals surface area contributed by atoms with Gasteiger partial charge in [0.2, 0.25) is 5.91 Å². The molecule has 118 valence electrons. The fourth-order valence-electron chi connectivity index (χ4n) is 2.18. The average molecular weight is 382 g/mol. The second-order valence-corrected chi connectivity index (χ2v) is 5.93. The molecule has 1 aliphatic rings. The van der Waals surface area contributed by atoms with Crippen LogP contribution in [0.4, 0.5) is 4.39 Å². The Bertz CT molecular complexity index is 496. The second kappa shape index (κ2) is 8.08. The van der Waals surface area contributed by atoms with Gasteiger partial charge in [-0.1, -0.05) is 15.9 Å². The summed E-state index contributed by atoms with van der Waals surface area (Å²) >= 11 is 3.30. The quantitative estimate of drug-likeness (QED) is 0.840. The van der Waals surface area contributed by atoms with E-state index in [1.807, 2.05) is 0 Å². The van der Waals surface area contributed by atoms with Gasteiger partial charge in [0.25, 0.3) is 0 Å². The molecule has 0 atom stereocenters. The lowest BCUT2D eigenvalue weighted by Gasteiger charge is -2.31. The van der Waals surface area contributed by atoms with Crippen LogP contribution in [0.1, 0.15) is 18.4 Å². The van der Waals surface area contributed by atoms with Crippen LogP contribution in [-0.4, -0.2) is 31.2 Å². The zero-order valence-corrected chi connectivity index (χ0v) is 13.9. The highest BCUT2D eigenvalue weighted by atomic mass is 79.9. The molecule has 1 amide bonds. The Balaban J connectivity index is 0.00000220. The molecule has 0 aromatic heterocycles. The summed E-state index contributed by atoms with van der Waals surface area (Å²) < 4.78 is 19.6. The lowest BCUT2D eigenvalue weighted by atomic mass is 9.90. The molecule has 0 aliphatic carbocycles. The third-order valence-corrected chi connectivity index (χ3v) is 4.02. The Kier molecular flexibility index (Phi) is 7.06. The highest BCUT2D eigenvalue weighted by Crippen LogP contribution is 2.18. The predicted octanol–water partition coefficient (Wildman–Crippen LogP) is 2.18. The van der Waals surface area contributed by atoms with Gasteiger partial charge in [-0.2, -0.15) is 0 Å². The molecule has 0 radical (unpaired) electrons. The fraction of sp³-hybridized carbons (Fsp3) is 0.500.